The van der Waals surface area contributed by atoms with Gasteiger partial charge in [0.05, 0.1) is 24.8 Å². The maximum Gasteiger partial charge on any atom is 0.338 e. The Bertz CT molecular complexity index is 750. The summed E-state index contributed by atoms with van der Waals surface area (Å²) in [4.78, 5) is 14.8. The zero-order valence-electron chi connectivity index (χ0n) is 13.2. The second-order valence-electron chi connectivity index (χ2n) is 6.12. The number of benzene rings is 2. The van der Waals surface area contributed by atoms with Crippen molar-refractivity contribution >= 4 is 27.6 Å². The number of ether oxygens (including phenoxy) is 2. The molecule has 4 nitrogen and oxygen atoms in total. The highest BCUT2D eigenvalue weighted by Gasteiger charge is 2.36. The Kier molecular flexibility index (Phi) is 4.29. The van der Waals surface area contributed by atoms with Crippen LogP contribution in [-0.2, 0) is 9.47 Å². The molecule has 2 aromatic carbocycles. The summed E-state index contributed by atoms with van der Waals surface area (Å²) in [5.74, 6) is -0.278. The predicted octanol–water partition coefficient (Wildman–Crippen LogP) is 3.96. The summed E-state index contributed by atoms with van der Waals surface area (Å²) in [6.45, 7) is 2.27. The Morgan fingerprint density at radius 3 is 2.88 bits per heavy atom. The summed E-state index contributed by atoms with van der Waals surface area (Å²) in [5.41, 5.74) is 2.79. The first-order valence-electron chi connectivity index (χ1n) is 8.12. The van der Waals surface area contributed by atoms with Crippen LogP contribution in [0.15, 0.2) is 53.0 Å². The van der Waals surface area contributed by atoms with Crippen LogP contribution in [0, 0.1) is 0 Å². The van der Waals surface area contributed by atoms with Crippen molar-refractivity contribution in [2.24, 2.45) is 0 Å². The number of hydrogen-bond donors (Lipinski definition) is 0. The average molecular weight is 388 g/mol. The number of halogens is 1. The number of morpholine rings is 1. The van der Waals surface area contributed by atoms with E-state index >= 15 is 0 Å². The van der Waals surface area contributed by atoms with Crippen molar-refractivity contribution in [1.82, 2.24) is 0 Å². The van der Waals surface area contributed by atoms with E-state index < -0.39 is 0 Å². The van der Waals surface area contributed by atoms with Gasteiger partial charge in [-0.2, -0.15) is 0 Å². The molecule has 124 valence electrons. The van der Waals surface area contributed by atoms with Gasteiger partial charge < -0.3 is 14.4 Å². The van der Waals surface area contributed by atoms with Crippen LogP contribution in [0.4, 0.5) is 5.69 Å². The van der Waals surface area contributed by atoms with E-state index in [1.807, 2.05) is 30.3 Å². The molecule has 2 atom stereocenters. The Balaban J connectivity index is 1.65. The van der Waals surface area contributed by atoms with E-state index in [-0.39, 0.29) is 18.1 Å². The molecule has 2 heterocycles. The molecule has 0 amide bonds. The lowest BCUT2D eigenvalue weighted by Gasteiger charge is -2.44. The van der Waals surface area contributed by atoms with E-state index in [9.17, 15) is 4.79 Å². The van der Waals surface area contributed by atoms with Gasteiger partial charge in [0.1, 0.15) is 6.10 Å². The van der Waals surface area contributed by atoms with Gasteiger partial charge in [-0.05, 0) is 24.3 Å². The quantitative estimate of drug-likeness (QED) is 0.731. The van der Waals surface area contributed by atoms with Crippen molar-refractivity contribution in [1.29, 1.82) is 0 Å². The van der Waals surface area contributed by atoms with E-state index in [1.54, 1.807) is 12.1 Å². The van der Waals surface area contributed by atoms with Crippen LogP contribution in [0.5, 0.6) is 0 Å². The molecule has 0 N–H and O–H groups in total. The highest BCUT2D eigenvalue weighted by molar-refractivity contribution is 9.10. The van der Waals surface area contributed by atoms with Crippen LogP contribution in [0.2, 0.25) is 0 Å². The summed E-state index contributed by atoms with van der Waals surface area (Å²) in [5, 5.41) is 0. The first-order valence-corrected chi connectivity index (χ1v) is 8.91. The van der Waals surface area contributed by atoms with Crippen molar-refractivity contribution in [2.75, 3.05) is 24.7 Å². The Labute approximate surface area is 149 Å². The van der Waals surface area contributed by atoms with Crippen LogP contribution < -0.4 is 4.90 Å². The SMILES string of the molecule is O=C(O[C@@H]1C[C@H]2COCCN2c2cc(Br)ccc21)c1ccccc1. The van der Waals surface area contributed by atoms with Gasteiger partial charge in [-0.3, -0.25) is 0 Å². The molecule has 1 saturated heterocycles. The second kappa shape index (κ2) is 6.57. The minimum atomic E-state index is -0.278. The molecule has 0 bridgehead atoms. The van der Waals surface area contributed by atoms with Crippen LogP contribution in [0.25, 0.3) is 0 Å². The number of nitrogens with zero attached hydrogens (tertiary/aromatic N) is 1. The smallest absolute Gasteiger partial charge is 0.338 e. The molecular weight excluding hydrogens is 370 g/mol. The van der Waals surface area contributed by atoms with E-state index in [4.69, 9.17) is 9.47 Å². The standard InChI is InChI=1S/C19H18BrNO3/c20-14-6-7-16-17(10-14)21-8-9-23-12-15(21)11-18(16)24-19(22)13-4-2-1-3-5-13/h1-7,10,15,18H,8-9,11-12H2/t15-,18+/m0/s1. The highest BCUT2D eigenvalue weighted by atomic mass is 79.9. The molecule has 0 radical (unpaired) electrons. The van der Waals surface area contributed by atoms with Crippen LogP contribution in [0.3, 0.4) is 0 Å². The molecule has 2 aliphatic heterocycles. The van der Waals surface area contributed by atoms with Crippen LogP contribution in [0.1, 0.15) is 28.4 Å². The van der Waals surface area contributed by atoms with E-state index in [0.29, 0.717) is 12.2 Å². The van der Waals surface area contributed by atoms with Gasteiger partial charge in [0.25, 0.3) is 0 Å². The van der Waals surface area contributed by atoms with E-state index in [2.05, 4.69) is 26.9 Å². The molecule has 2 aromatic rings. The summed E-state index contributed by atoms with van der Waals surface area (Å²) >= 11 is 3.55. The molecule has 2 aliphatic rings. The minimum Gasteiger partial charge on any atom is -0.454 e. The van der Waals surface area contributed by atoms with Gasteiger partial charge in [-0.1, -0.05) is 40.2 Å². The van der Waals surface area contributed by atoms with Crippen LogP contribution in [-0.4, -0.2) is 31.8 Å². The maximum absolute atomic E-state index is 12.5. The normalized spacial score (nSPS) is 22.5. The zero-order valence-corrected chi connectivity index (χ0v) is 14.7. The Hall–Kier alpha value is -1.85. The zero-order chi connectivity index (χ0) is 16.5. The Morgan fingerprint density at radius 2 is 2.04 bits per heavy atom. The molecule has 24 heavy (non-hydrogen) atoms. The number of fused-ring (bicyclic) bond motifs is 3. The average Bonchev–Trinajstić information content (AvgIpc) is 2.62. The first-order chi connectivity index (χ1) is 11.7. The van der Waals surface area contributed by atoms with Gasteiger partial charge in [0, 0.05) is 28.7 Å². The molecular formula is C19H18BrNO3. The molecule has 0 aliphatic carbocycles. The van der Waals surface area contributed by atoms with Crippen molar-refractivity contribution in [3.05, 3.63) is 64.1 Å². The van der Waals surface area contributed by atoms with Gasteiger partial charge in [-0.25, -0.2) is 4.79 Å². The van der Waals surface area contributed by atoms with Gasteiger partial charge in [-0.15, -0.1) is 0 Å². The maximum atomic E-state index is 12.5. The van der Waals surface area contributed by atoms with E-state index in [1.165, 1.54) is 0 Å². The third kappa shape index (κ3) is 2.94. The minimum absolute atomic E-state index is 0.245. The van der Waals surface area contributed by atoms with Gasteiger partial charge >= 0.3 is 5.97 Å². The molecule has 0 saturated carbocycles. The summed E-state index contributed by atoms with van der Waals surface area (Å²) in [7, 11) is 0. The fourth-order valence-corrected chi connectivity index (χ4v) is 3.81. The number of anilines is 1. The van der Waals surface area contributed by atoms with Crippen LogP contribution >= 0.6 is 15.9 Å². The summed E-state index contributed by atoms with van der Waals surface area (Å²) in [6, 6.07) is 15.6. The third-order valence-corrected chi connectivity index (χ3v) is 5.11. The number of carbonyl (C=O) groups excluding carboxylic acids is 1. The molecule has 0 spiro atoms. The van der Waals surface area contributed by atoms with E-state index in [0.717, 1.165) is 35.3 Å². The second-order valence-corrected chi connectivity index (χ2v) is 7.04. The fourth-order valence-electron chi connectivity index (χ4n) is 3.46. The predicted molar refractivity (Wildman–Crippen MR) is 95.3 cm³/mol. The third-order valence-electron chi connectivity index (χ3n) is 4.62. The fraction of sp³-hybridized carbons (Fsp3) is 0.316. The lowest BCUT2D eigenvalue weighted by Crippen LogP contribution is -2.49. The number of rotatable bonds is 2. The first kappa shape index (κ1) is 15.7. The molecule has 5 heteroatoms. The monoisotopic (exact) mass is 387 g/mol. The number of carbonyl (C=O) groups is 1. The van der Waals surface area contributed by atoms with Crippen molar-refractivity contribution in [3.63, 3.8) is 0 Å². The van der Waals surface area contributed by atoms with Gasteiger partial charge in [0.15, 0.2) is 0 Å². The molecule has 0 unspecified atom stereocenters. The molecule has 1 fully saturated rings. The molecule has 4 rings (SSSR count). The lowest BCUT2D eigenvalue weighted by atomic mass is 9.92. The largest absolute Gasteiger partial charge is 0.454 e. The summed E-state index contributed by atoms with van der Waals surface area (Å²) < 4.78 is 12.5. The lowest BCUT2D eigenvalue weighted by molar-refractivity contribution is 0.0146. The Morgan fingerprint density at radius 1 is 1.21 bits per heavy atom. The van der Waals surface area contributed by atoms with Crippen molar-refractivity contribution in [3.8, 4) is 0 Å². The highest BCUT2D eigenvalue weighted by Crippen LogP contribution is 2.41. The summed E-state index contributed by atoms with van der Waals surface area (Å²) in [6.07, 6.45) is 0.511. The molecule has 0 aromatic heterocycles. The topological polar surface area (TPSA) is 38.8 Å². The number of esters is 1. The number of hydrogen-bond acceptors (Lipinski definition) is 4. The van der Waals surface area contributed by atoms with Gasteiger partial charge in [0.2, 0.25) is 0 Å². The van der Waals surface area contributed by atoms with Crippen molar-refractivity contribution < 1.29 is 14.3 Å². The van der Waals surface area contributed by atoms with Crippen molar-refractivity contribution in [2.45, 2.75) is 18.6 Å².